The summed E-state index contributed by atoms with van der Waals surface area (Å²) in [5.74, 6) is 0. The average molecular weight is 212 g/mol. The predicted molar refractivity (Wildman–Crippen MR) is 59.4 cm³/mol. The van der Waals surface area contributed by atoms with Gasteiger partial charge in [-0.05, 0) is 17.9 Å². The fourth-order valence-electron chi connectivity index (χ4n) is 1.36. The van der Waals surface area contributed by atoms with Crippen molar-refractivity contribution >= 4 is 11.3 Å². The molecule has 0 fully saturated rings. The molecule has 0 saturated carbocycles. The number of rotatable bonds is 6. The zero-order chi connectivity index (χ0) is 10.4. The van der Waals surface area contributed by atoms with Crippen molar-refractivity contribution < 1.29 is 9.78 Å². The second-order valence-corrected chi connectivity index (χ2v) is 4.41. The Balaban J connectivity index is 2.75. The molecule has 1 atom stereocenters. The monoisotopic (exact) mass is 212 g/mol. The molecule has 0 amide bonds. The molecule has 1 heterocycles. The van der Waals surface area contributed by atoms with Crippen LogP contribution in [-0.2, 0) is 15.2 Å². The van der Waals surface area contributed by atoms with E-state index in [1.807, 2.05) is 12.1 Å². The summed E-state index contributed by atoms with van der Waals surface area (Å²) < 4.78 is 0. The van der Waals surface area contributed by atoms with Crippen molar-refractivity contribution in [2.75, 3.05) is 13.7 Å². The lowest BCUT2D eigenvalue weighted by Crippen LogP contribution is -2.26. The maximum Gasteiger partial charge on any atom is 0.0927 e. The minimum atomic E-state index is -0.0219. The van der Waals surface area contributed by atoms with Crippen molar-refractivity contribution in [2.45, 2.75) is 18.8 Å². The molecule has 0 aliphatic heterocycles. The summed E-state index contributed by atoms with van der Waals surface area (Å²) >= 11 is 1.74. The summed E-state index contributed by atoms with van der Waals surface area (Å²) in [6.07, 6.45) is 2.80. The summed E-state index contributed by atoms with van der Waals surface area (Å²) in [5.41, 5.74) is -0.0219. The van der Waals surface area contributed by atoms with Crippen molar-refractivity contribution in [3.63, 3.8) is 0 Å². The van der Waals surface area contributed by atoms with Gasteiger partial charge in [-0.15, -0.1) is 17.9 Å². The molecule has 1 unspecified atom stereocenters. The Morgan fingerprint density at radius 3 is 2.93 bits per heavy atom. The van der Waals surface area contributed by atoms with Crippen LogP contribution in [0.5, 0.6) is 0 Å². The molecule has 3 heteroatoms. The summed E-state index contributed by atoms with van der Waals surface area (Å²) in [6.45, 7) is 6.48. The average Bonchev–Trinajstić information content (AvgIpc) is 2.68. The molecule has 0 spiro atoms. The lowest BCUT2D eigenvalue weighted by molar-refractivity contribution is -0.281. The number of thiophene rings is 1. The van der Waals surface area contributed by atoms with Crippen molar-refractivity contribution in [3.05, 3.63) is 35.0 Å². The molecule has 0 aromatic carbocycles. The van der Waals surface area contributed by atoms with Crippen LogP contribution in [0.4, 0.5) is 0 Å². The van der Waals surface area contributed by atoms with Crippen molar-refractivity contribution in [3.8, 4) is 0 Å². The van der Waals surface area contributed by atoms with Crippen LogP contribution in [0, 0.1) is 0 Å². The number of hydrogen-bond acceptors (Lipinski definition) is 3. The normalized spacial score (nSPS) is 15.0. The largest absolute Gasteiger partial charge is 0.240 e. The Morgan fingerprint density at radius 1 is 1.64 bits per heavy atom. The van der Waals surface area contributed by atoms with Crippen molar-refractivity contribution in [2.24, 2.45) is 0 Å². The van der Waals surface area contributed by atoms with Gasteiger partial charge in [-0.25, -0.2) is 9.78 Å². The topological polar surface area (TPSA) is 18.5 Å². The van der Waals surface area contributed by atoms with Crippen molar-refractivity contribution in [1.29, 1.82) is 0 Å². The summed E-state index contributed by atoms with van der Waals surface area (Å²) in [6, 6.07) is 4.17. The Bertz CT molecular complexity index is 269. The third-order valence-electron chi connectivity index (χ3n) is 2.21. The van der Waals surface area contributed by atoms with E-state index in [2.05, 4.69) is 29.8 Å². The third kappa shape index (κ3) is 2.67. The standard InChI is InChI=1S/C11H16O2S/c1-4-7-11(2,9-13-12-3)10-6-5-8-14-10/h4-6,8H,1,7,9H2,2-3H3. The van der Waals surface area contributed by atoms with Gasteiger partial charge in [-0.1, -0.05) is 19.1 Å². The molecule has 1 rings (SSSR count). The zero-order valence-electron chi connectivity index (χ0n) is 8.66. The minimum Gasteiger partial charge on any atom is -0.240 e. The van der Waals surface area contributed by atoms with E-state index in [9.17, 15) is 0 Å². The first-order valence-corrected chi connectivity index (χ1v) is 5.41. The van der Waals surface area contributed by atoms with Crippen molar-refractivity contribution in [1.82, 2.24) is 0 Å². The Labute approximate surface area is 89.1 Å². The maximum atomic E-state index is 5.03. The van der Waals surface area contributed by atoms with Gasteiger partial charge in [-0.3, -0.25) is 0 Å². The van der Waals surface area contributed by atoms with Gasteiger partial charge in [-0.2, -0.15) is 0 Å². The maximum absolute atomic E-state index is 5.03. The molecular weight excluding hydrogens is 196 g/mol. The SMILES string of the molecule is C=CCC(C)(COOC)c1cccs1. The van der Waals surface area contributed by atoms with Crippen LogP contribution >= 0.6 is 11.3 Å². The van der Waals surface area contributed by atoms with Gasteiger partial charge >= 0.3 is 0 Å². The van der Waals surface area contributed by atoms with E-state index < -0.39 is 0 Å². The van der Waals surface area contributed by atoms with E-state index in [1.165, 1.54) is 12.0 Å². The smallest absolute Gasteiger partial charge is 0.0927 e. The molecule has 0 saturated heterocycles. The molecule has 78 valence electrons. The zero-order valence-corrected chi connectivity index (χ0v) is 9.47. The van der Waals surface area contributed by atoms with Gasteiger partial charge < -0.3 is 0 Å². The van der Waals surface area contributed by atoms with Gasteiger partial charge in [0.25, 0.3) is 0 Å². The predicted octanol–water partition coefficient (Wildman–Crippen LogP) is 3.16. The fourth-order valence-corrected chi connectivity index (χ4v) is 2.25. The highest BCUT2D eigenvalue weighted by Crippen LogP contribution is 2.31. The van der Waals surface area contributed by atoms with E-state index in [0.717, 1.165) is 6.42 Å². The van der Waals surface area contributed by atoms with E-state index in [0.29, 0.717) is 6.61 Å². The van der Waals surface area contributed by atoms with E-state index >= 15 is 0 Å². The first kappa shape index (κ1) is 11.4. The van der Waals surface area contributed by atoms with Gasteiger partial charge in [0, 0.05) is 10.3 Å². The second-order valence-electron chi connectivity index (χ2n) is 3.46. The van der Waals surface area contributed by atoms with Gasteiger partial charge in [0.1, 0.15) is 0 Å². The Kier molecular flexibility index (Phi) is 4.32. The van der Waals surface area contributed by atoms with Crippen LogP contribution < -0.4 is 0 Å². The van der Waals surface area contributed by atoms with Gasteiger partial charge in [0.2, 0.25) is 0 Å². The van der Waals surface area contributed by atoms with E-state index in [4.69, 9.17) is 4.89 Å². The molecule has 0 N–H and O–H groups in total. The Hall–Kier alpha value is -0.640. The van der Waals surface area contributed by atoms with Gasteiger partial charge in [0.15, 0.2) is 0 Å². The Morgan fingerprint density at radius 2 is 2.43 bits per heavy atom. The highest BCUT2D eigenvalue weighted by Gasteiger charge is 2.27. The molecule has 1 aromatic heterocycles. The van der Waals surface area contributed by atoms with E-state index in [-0.39, 0.29) is 5.41 Å². The molecule has 0 bridgehead atoms. The quantitative estimate of drug-likeness (QED) is 0.409. The first-order chi connectivity index (χ1) is 6.73. The summed E-state index contributed by atoms with van der Waals surface area (Å²) in [4.78, 5) is 11.0. The van der Waals surface area contributed by atoms with Crippen LogP contribution in [0.3, 0.4) is 0 Å². The highest BCUT2D eigenvalue weighted by molar-refractivity contribution is 7.10. The van der Waals surface area contributed by atoms with Crippen LogP contribution in [0.2, 0.25) is 0 Å². The van der Waals surface area contributed by atoms with Gasteiger partial charge in [0.05, 0.1) is 13.7 Å². The molecule has 0 aliphatic carbocycles. The summed E-state index contributed by atoms with van der Waals surface area (Å²) in [5, 5.41) is 2.07. The van der Waals surface area contributed by atoms with Crippen LogP contribution in [0.25, 0.3) is 0 Å². The van der Waals surface area contributed by atoms with Crippen LogP contribution in [0.1, 0.15) is 18.2 Å². The minimum absolute atomic E-state index is 0.0219. The first-order valence-electron chi connectivity index (χ1n) is 4.53. The lowest BCUT2D eigenvalue weighted by Gasteiger charge is -2.25. The number of hydrogen-bond donors (Lipinski definition) is 0. The molecule has 1 aromatic rings. The number of allylic oxidation sites excluding steroid dienone is 1. The molecule has 0 aliphatic rings. The molecule has 0 radical (unpaired) electrons. The molecule has 14 heavy (non-hydrogen) atoms. The molecular formula is C11H16O2S. The highest BCUT2D eigenvalue weighted by atomic mass is 32.1. The van der Waals surface area contributed by atoms with E-state index in [1.54, 1.807) is 11.3 Å². The molecule has 2 nitrogen and oxygen atoms in total. The summed E-state index contributed by atoms with van der Waals surface area (Å²) in [7, 11) is 1.53. The fraction of sp³-hybridized carbons (Fsp3) is 0.455. The van der Waals surface area contributed by atoms with Crippen LogP contribution in [0.15, 0.2) is 30.2 Å². The third-order valence-corrected chi connectivity index (χ3v) is 3.38. The second kappa shape index (κ2) is 5.29. The van der Waals surface area contributed by atoms with Crippen LogP contribution in [-0.4, -0.2) is 13.7 Å². The lowest BCUT2D eigenvalue weighted by atomic mass is 9.86.